The highest BCUT2D eigenvalue weighted by Gasteiger charge is 2.07. The maximum atomic E-state index is 11.9. The molecule has 1 atom stereocenters. The lowest BCUT2D eigenvalue weighted by atomic mass is 10.0. The number of unbranched alkanes of at least 4 members (excludes halogenated alkanes) is 3. The molecule has 32 heavy (non-hydrogen) atoms. The van der Waals surface area contributed by atoms with E-state index in [2.05, 4.69) is 29.0 Å². The van der Waals surface area contributed by atoms with Crippen molar-refractivity contribution < 1.29 is 19.1 Å². The number of rotatable bonds is 13. The molecule has 0 bridgehead atoms. The maximum absolute atomic E-state index is 11.9. The Bertz CT molecular complexity index is 860. The molecule has 0 N–H and O–H groups in total. The third-order valence-corrected chi connectivity index (χ3v) is 4.94. The molecule has 1 aromatic heterocycles. The summed E-state index contributed by atoms with van der Waals surface area (Å²) in [7, 11) is 0. The van der Waals surface area contributed by atoms with Gasteiger partial charge in [-0.15, -0.1) is 0 Å². The summed E-state index contributed by atoms with van der Waals surface area (Å²) in [5.41, 5.74) is 2.15. The van der Waals surface area contributed by atoms with Crippen molar-refractivity contribution in [1.82, 2.24) is 9.97 Å². The second kappa shape index (κ2) is 14.1. The van der Waals surface area contributed by atoms with E-state index in [1.807, 2.05) is 31.2 Å². The molecule has 0 radical (unpaired) electrons. The van der Waals surface area contributed by atoms with Gasteiger partial charge in [-0.05, 0) is 44.6 Å². The van der Waals surface area contributed by atoms with Crippen LogP contribution in [0.15, 0.2) is 48.8 Å². The van der Waals surface area contributed by atoms with Gasteiger partial charge in [0.05, 0.1) is 24.9 Å². The first kappa shape index (κ1) is 25.2. The Balaban J connectivity index is 1.77. The van der Waals surface area contributed by atoms with E-state index in [1.54, 1.807) is 0 Å². The molecule has 6 nitrogen and oxygen atoms in total. The number of carbonyl (C=O) groups is 2. The van der Waals surface area contributed by atoms with E-state index in [1.165, 1.54) is 24.9 Å². The van der Waals surface area contributed by atoms with Crippen molar-refractivity contribution in [3.63, 3.8) is 0 Å². The lowest BCUT2D eigenvalue weighted by Crippen LogP contribution is -2.11. The molecule has 1 aromatic carbocycles. The van der Waals surface area contributed by atoms with E-state index in [4.69, 9.17) is 9.47 Å². The van der Waals surface area contributed by atoms with Crippen LogP contribution < -0.4 is 4.74 Å². The van der Waals surface area contributed by atoms with E-state index in [0.717, 1.165) is 50.5 Å². The first-order valence-corrected chi connectivity index (χ1v) is 11.4. The zero-order valence-corrected chi connectivity index (χ0v) is 19.4. The van der Waals surface area contributed by atoms with Gasteiger partial charge >= 0.3 is 11.9 Å². The normalized spacial score (nSPS) is 12.0. The van der Waals surface area contributed by atoms with Gasteiger partial charge in [-0.1, -0.05) is 56.2 Å². The zero-order chi connectivity index (χ0) is 23.2. The number of carbonyl (C=O) groups excluding carboxylic acids is 2. The highest BCUT2D eigenvalue weighted by molar-refractivity contribution is 5.73. The largest absolute Gasteiger partial charge is 0.463 e. The Morgan fingerprint density at radius 3 is 2.41 bits per heavy atom. The molecule has 0 spiro atoms. The number of aryl methyl sites for hydroxylation is 1. The summed E-state index contributed by atoms with van der Waals surface area (Å²) in [5, 5.41) is 0. The molecule has 2 aromatic rings. The molecule has 172 valence electrons. The lowest BCUT2D eigenvalue weighted by Gasteiger charge is -2.11. The van der Waals surface area contributed by atoms with Gasteiger partial charge in [0.15, 0.2) is 11.6 Å². The minimum atomic E-state index is -0.319. The molecule has 0 aliphatic heterocycles. The minimum Gasteiger partial charge on any atom is -0.463 e. The standard InChI is InChI=1S/C26H34N2O4/c1-4-5-6-7-8-13-25(30)32-24-18-27-26(28-19-24)23-16-14-22(15-17-23)12-10-9-11-20(2)31-21(3)29/h7-8,14-20H,4-6,9-13H2,1-3H3. The van der Waals surface area contributed by atoms with Gasteiger partial charge in [0.25, 0.3) is 0 Å². The van der Waals surface area contributed by atoms with Gasteiger partial charge in [-0.25, -0.2) is 9.97 Å². The Labute approximate surface area is 191 Å². The van der Waals surface area contributed by atoms with Crippen molar-refractivity contribution in [2.45, 2.75) is 78.2 Å². The molecule has 0 aliphatic carbocycles. The van der Waals surface area contributed by atoms with Gasteiger partial charge in [-0.2, -0.15) is 0 Å². The van der Waals surface area contributed by atoms with Crippen LogP contribution in [0.4, 0.5) is 0 Å². The lowest BCUT2D eigenvalue weighted by molar-refractivity contribution is -0.145. The minimum absolute atomic E-state index is 0.0310. The van der Waals surface area contributed by atoms with Crippen LogP contribution in [0.25, 0.3) is 11.4 Å². The van der Waals surface area contributed by atoms with Crippen molar-refractivity contribution in [2.24, 2.45) is 0 Å². The molecule has 1 unspecified atom stereocenters. The van der Waals surface area contributed by atoms with Crippen molar-refractivity contribution in [3.8, 4) is 17.1 Å². The molecular formula is C26H34N2O4. The molecule has 0 saturated carbocycles. The van der Waals surface area contributed by atoms with Crippen LogP contribution in [0.2, 0.25) is 0 Å². The van der Waals surface area contributed by atoms with E-state index in [0.29, 0.717) is 11.6 Å². The molecule has 2 rings (SSSR count). The van der Waals surface area contributed by atoms with Gasteiger partial charge < -0.3 is 9.47 Å². The van der Waals surface area contributed by atoms with Crippen LogP contribution in [0.1, 0.15) is 71.3 Å². The summed E-state index contributed by atoms with van der Waals surface area (Å²) in [6.07, 6.45) is 14.3. The predicted octanol–water partition coefficient (Wildman–Crippen LogP) is 5.85. The van der Waals surface area contributed by atoms with Crippen LogP contribution in [0.5, 0.6) is 5.75 Å². The van der Waals surface area contributed by atoms with E-state index in [-0.39, 0.29) is 24.5 Å². The maximum Gasteiger partial charge on any atom is 0.315 e. The molecule has 0 amide bonds. The number of hydrogen-bond acceptors (Lipinski definition) is 6. The first-order chi connectivity index (χ1) is 15.5. The highest BCUT2D eigenvalue weighted by Crippen LogP contribution is 2.19. The number of hydrogen-bond donors (Lipinski definition) is 0. The summed E-state index contributed by atoms with van der Waals surface area (Å²) in [6, 6.07) is 8.15. The Kier molecular flexibility index (Phi) is 11.1. The van der Waals surface area contributed by atoms with Crippen LogP contribution in [-0.4, -0.2) is 28.0 Å². The Morgan fingerprint density at radius 1 is 1.03 bits per heavy atom. The van der Waals surface area contributed by atoms with Crippen molar-refractivity contribution >= 4 is 11.9 Å². The fourth-order valence-electron chi connectivity index (χ4n) is 3.23. The second-order valence-electron chi connectivity index (χ2n) is 7.90. The topological polar surface area (TPSA) is 78.4 Å². The summed E-state index contributed by atoms with van der Waals surface area (Å²) >= 11 is 0. The third-order valence-electron chi connectivity index (χ3n) is 4.94. The van der Waals surface area contributed by atoms with Gasteiger partial charge in [-0.3, -0.25) is 9.59 Å². The molecule has 0 saturated heterocycles. The van der Waals surface area contributed by atoms with Crippen LogP contribution >= 0.6 is 0 Å². The summed E-state index contributed by atoms with van der Waals surface area (Å²) in [6.45, 7) is 5.50. The number of ether oxygens (including phenoxy) is 2. The monoisotopic (exact) mass is 438 g/mol. The second-order valence-corrected chi connectivity index (χ2v) is 7.90. The van der Waals surface area contributed by atoms with Gasteiger partial charge in [0.2, 0.25) is 0 Å². The van der Waals surface area contributed by atoms with Crippen LogP contribution in [-0.2, 0) is 20.7 Å². The van der Waals surface area contributed by atoms with E-state index < -0.39 is 0 Å². The number of allylic oxidation sites excluding steroid dienone is 1. The van der Waals surface area contributed by atoms with E-state index >= 15 is 0 Å². The summed E-state index contributed by atoms with van der Waals surface area (Å²) in [4.78, 5) is 31.5. The third kappa shape index (κ3) is 9.86. The summed E-state index contributed by atoms with van der Waals surface area (Å²) in [5.74, 6) is 0.392. The van der Waals surface area contributed by atoms with Crippen LogP contribution in [0.3, 0.4) is 0 Å². The quantitative estimate of drug-likeness (QED) is 0.222. The average Bonchev–Trinajstić information content (AvgIpc) is 2.77. The molecular weight excluding hydrogens is 404 g/mol. The molecule has 0 fully saturated rings. The van der Waals surface area contributed by atoms with Crippen LogP contribution in [0, 0.1) is 0 Å². The van der Waals surface area contributed by atoms with Gasteiger partial charge in [0, 0.05) is 12.5 Å². The molecule has 1 heterocycles. The molecule has 6 heteroatoms. The summed E-state index contributed by atoms with van der Waals surface area (Å²) < 4.78 is 10.4. The zero-order valence-electron chi connectivity index (χ0n) is 19.4. The SMILES string of the molecule is CCCCC=CCC(=O)Oc1cnc(-c2ccc(CCCCC(C)OC(C)=O)cc2)nc1. The van der Waals surface area contributed by atoms with E-state index in [9.17, 15) is 9.59 Å². The Hall–Kier alpha value is -3.02. The average molecular weight is 439 g/mol. The van der Waals surface area contributed by atoms with Crippen molar-refractivity contribution in [2.75, 3.05) is 0 Å². The highest BCUT2D eigenvalue weighted by atomic mass is 16.5. The van der Waals surface area contributed by atoms with Crippen molar-refractivity contribution in [1.29, 1.82) is 0 Å². The number of esters is 2. The molecule has 0 aliphatic rings. The van der Waals surface area contributed by atoms with Crippen molar-refractivity contribution in [3.05, 3.63) is 54.4 Å². The fraction of sp³-hybridized carbons (Fsp3) is 0.462. The Morgan fingerprint density at radius 2 is 1.75 bits per heavy atom. The number of nitrogens with zero attached hydrogens (tertiary/aromatic N) is 2. The number of aromatic nitrogens is 2. The number of benzene rings is 1. The predicted molar refractivity (Wildman–Crippen MR) is 125 cm³/mol. The fourth-order valence-corrected chi connectivity index (χ4v) is 3.23. The first-order valence-electron chi connectivity index (χ1n) is 11.4. The van der Waals surface area contributed by atoms with Gasteiger partial charge in [0.1, 0.15) is 0 Å². The smallest absolute Gasteiger partial charge is 0.315 e.